The average Bonchev–Trinajstić information content (AvgIpc) is 2.79. The van der Waals surface area contributed by atoms with E-state index in [2.05, 4.69) is 32.3 Å². The van der Waals surface area contributed by atoms with Crippen LogP contribution in [0.4, 0.5) is 5.82 Å². The van der Waals surface area contributed by atoms with Crippen molar-refractivity contribution < 1.29 is 9.90 Å². The number of hydrogen-bond acceptors (Lipinski definition) is 3. The van der Waals surface area contributed by atoms with Crippen LogP contribution in [0, 0.1) is 0 Å². The predicted molar refractivity (Wildman–Crippen MR) is 80.5 cm³/mol. The molecule has 1 heterocycles. The summed E-state index contributed by atoms with van der Waals surface area (Å²) in [5.74, 6) is -0.355. The van der Waals surface area contributed by atoms with E-state index in [1.165, 1.54) is 0 Å². The molecule has 4 nitrogen and oxygen atoms in total. The van der Waals surface area contributed by atoms with Crippen molar-refractivity contribution in [3.63, 3.8) is 0 Å². The smallest absolute Gasteiger partial charge is 0.339 e. The van der Waals surface area contributed by atoms with Gasteiger partial charge in [-0.1, -0.05) is 6.08 Å². The number of aryl methyl sites for hydroxylation is 2. The monoisotopic (exact) mass is 274 g/mol. The van der Waals surface area contributed by atoms with E-state index in [1.807, 2.05) is 4.90 Å². The fourth-order valence-electron chi connectivity index (χ4n) is 2.63. The van der Waals surface area contributed by atoms with Crippen molar-refractivity contribution in [3.05, 3.63) is 35.5 Å². The standard InChI is InChI=1S/C16H22N2O2/c1-5-9-18(16(2,3)4)14-12(15(19)20)10-11-7-6-8-13(11)17-14/h5,10H,1,6-9H2,2-4H3,(H,19,20). The maximum atomic E-state index is 11.6. The Balaban J connectivity index is 2.58. The lowest BCUT2D eigenvalue weighted by Crippen LogP contribution is -2.43. The Morgan fingerprint density at radius 2 is 2.20 bits per heavy atom. The minimum absolute atomic E-state index is 0.210. The third-order valence-corrected chi connectivity index (χ3v) is 3.64. The summed E-state index contributed by atoms with van der Waals surface area (Å²) in [4.78, 5) is 18.2. The number of aromatic carboxylic acids is 1. The number of aromatic nitrogens is 1. The highest BCUT2D eigenvalue weighted by atomic mass is 16.4. The van der Waals surface area contributed by atoms with E-state index in [-0.39, 0.29) is 5.54 Å². The van der Waals surface area contributed by atoms with E-state index in [0.717, 1.165) is 30.5 Å². The number of hydrogen-bond donors (Lipinski definition) is 1. The summed E-state index contributed by atoms with van der Waals surface area (Å²) in [7, 11) is 0. The zero-order valence-corrected chi connectivity index (χ0v) is 12.4. The van der Waals surface area contributed by atoms with Gasteiger partial charge in [-0.2, -0.15) is 0 Å². The molecular formula is C16H22N2O2. The van der Waals surface area contributed by atoms with E-state index in [4.69, 9.17) is 0 Å². The molecule has 1 aliphatic rings. The fraction of sp³-hybridized carbons (Fsp3) is 0.500. The lowest BCUT2D eigenvalue weighted by molar-refractivity contribution is 0.0697. The molecule has 0 unspecified atom stereocenters. The summed E-state index contributed by atoms with van der Waals surface area (Å²) >= 11 is 0. The fourth-order valence-corrected chi connectivity index (χ4v) is 2.63. The first-order valence-corrected chi connectivity index (χ1v) is 6.99. The van der Waals surface area contributed by atoms with Crippen molar-refractivity contribution in [1.82, 2.24) is 4.98 Å². The molecule has 0 spiro atoms. The first kappa shape index (κ1) is 14.6. The van der Waals surface area contributed by atoms with Crippen molar-refractivity contribution >= 4 is 11.8 Å². The molecule has 0 fully saturated rings. The minimum Gasteiger partial charge on any atom is -0.478 e. The molecule has 0 atom stereocenters. The molecule has 4 heteroatoms. The quantitative estimate of drug-likeness (QED) is 0.857. The van der Waals surface area contributed by atoms with Crippen LogP contribution in [0.2, 0.25) is 0 Å². The van der Waals surface area contributed by atoms with Gasteiger partial charge in [0, 0.05) is 17.8 Å². The van der Waals surface area contributed by atoms with Gasteiger partial charge in [0.15, 0.2) is 0 Å². The second-order valence-electron chi connectivity index (χ2n) is 6.19. The topological polar surface area (TPSA) is 53.4 Å². The van der Waals surface area contributed by atoms with E-state index in [1.54, 1.807) is 12.1 Å². The Morgan fingerprint density at radius 1 is 1.50 bits per heavy atom. The molecular weight excluding hydrogens is 252 g/mol. The number of carbonyl (C=O) groups is 1. The molecule has 0 aromatic carbocycles. The van der Waals surface area contributed by atoms with Crippen LogP contribution in [0.5, 0.6) is 0 Å². The molecule has 0 radical (unpaired) electrons. The van der Waals surface area contributed by atoms with Crippen molar-refractivity contribution in [2.45, 2.75) is 45.6 Å². The van der Waals surface area contributed by atoms with Gasteiger partial charge >= 0.3 is 5.97 Å². The van der Waals surface area contributed by atoms with Crippen LogP contribution in [0.15, 0.2) is 18.7 Å². The van der Waals surface area contributed by atoms with Gasteiger partial charge in [0.2, 0.25) is 0 Å². The molecule has 0 aliphatic heterocycles. The van der Waals surface area contributed by atoms with E-state index in [9.17, 15) is 9.90 Å². The van der Waals surface area contributed by atoms with E-state index in [0.29, 0.717) is 17.9 Å². The highest BCUT2D eigenvalue weighted by Crippen LogP contribution is 2.30. The largest absolute Gasteiger partial charge is 0.478 e. The van der Waals surface area contributed by atoms with E-state index >= 15 is 0 Å². The maximum Gasteiger partial charge on any atom is 0.339 e. The number of carboxylic acids is 1. The number of rotatable bonds is 4. The Hall–Kier alpha value is -1.84. The zero-order chi connectivity index (χ0) is 14.9. The van der Waals surface area contributed by atoms with Crippen LogP contribution in [0.25, 0.3) is 0 Å². The molecule has 1 aromatic rings. The molecule has 1 aliphatic carbocycles. The lowest BCUT2D eigenvalue weighted by atomic mass is 10.0. The van der Waals surface area contributed by atoms with Crippen LogP contribution in [-0.4, -0.2) is 28.1 Å². The summed E-state index contributed by atoms with van der Waals surface area (Å²) in [6.07, 6.45) is 4.71. The van der Waals surface area contributed by atoms with Crippen molar-refractivity contribution in [1.29, 1.82) is 0 Å². The van der Waals surface area contributed by atoms with Crippen LogP contribution in [0.1, 0.15) is 48.8 Å². The Morgan fingerprint density at radius 3 is 2.75 bits per heavy atom. The summed E-state index contributed by atoms with van der Waals surface area (Å²) in [5, 5.41) is 9.49. The van der Waals surface area contributed by atoms with Crippen LogP contribution in [-0.2, 0) is 12.8 Å². The van der Waals surface area contributed by atoms with Gasteiger partial charge in [-0.05, 0) is 51.7 Å². The normalized spacial score (nSPS) is 13.9. The Labute approximate surface area is 120 Å². The predicted octanol–water partition coefficient (Wildman–Crippen LogP) is 3.06. The molecule has 0 amide bonds. The summed E-state index contributed by atoms with van der Waals surface area (Å²) < 4.78 is 0. The minimum atomic E-state index is -0.916. The summed E-state index contributed by atoms with van der Waals surface area (Å²) in [6, 6.07) is 1.80. The van der Waals surface area contributed by atoms with Crippen molar-refractivity contribution in [3.8, 4) is 0 Å². The molecule has 2 rings (SSSR count). The zero-order valence-electron chi connectivity index (χ0n) is 12.4. The molecule has 0 bridgehead atoms. The molecule has 0 saturated heterocycles. The highest BCUT2D eigenvalue weighted by molar-refractivity contribution is 5.94. The van der Waals surface area contributed by atoms with Crippen molar-refractivity contribution in [2.75, 3.05) is 11.4 Å². The first-order valence-electron chi connectivity index (χ1n) is 6.99. The highest BCUT2D eigenvalue weighted by Gasteiger charge is 2.28. The maximum absolute atomic E-state index is 11.6. The van der Waals surface area contributed by atoms with Crippen LogP contribution < -0.4 is 4.90 Å². The Kier molecular flexibility index (Phi) is 3.84. The number of anilines is 1. The van der Waals surface area contributed by atoms with Gasteiger partial charge in [-0.15, -0.1) is 6.58 Å². The summed E-state index contributed by atoms with van der Waals surface area (Å²) in [6.45, 7) is 10.5. The number of pyridine rings is 1. The molecule has 1 aromatic heterocycles. The summed E-state index contributed by atoms with van der Waals surface area (Å²) in [5.41, 5.74) is 2.21. The van der Waals surface area contributed by atoms with Gasteiger partial charge in [0.1, 0.15) is 11.4 Å². The first-order chi connectivity index (χ1) is 9.34. The third-order valence-electron chi connectivity index (χ3n) is 3.64. The van der Waals surface area contributed by atoms with Gasteiger partial charge in [-0.25, -0.2) is 9.78 Å². The third kappa shape index (κ3) is 2.69. The number of nitrogens with zero attached hydrogens (tertiary/aromatic N) is 2. The Bertz CT molecular complexity index is 544. The molecule has 20 heavy (non-hydrogen) atoms. The second-order valence-corrected chi connectivity index (χ2v) is 6.19. The SMILES string of the molecule is C=CCN(c1nc2c(cc1C(=O)O)CCC2)C(C)(C)C. The van der Waals surface area contributed by atoms with Crippen molar-refractivity contribution in [2.24, 2.45) is 0 Å². The average molecular weight is 274 g/mol. The van der Waals surface area contributed by atoms with Crippen LogP contribution >= 0.6 is 0 Å². The number of fused-ring (bicyclic) bond motifs is 1. The van der Waals surface area contributed by atoms with Gasteiger partial charge < -0.3 is 10.0 Å². The molecule has 0 saturated carbocycles. The second kappa shape index (κ2) is 5.27. The molecule has 1 N–H and O–H groups in total. The number of carboxylic acid groups (broad SMARTS) is 1. The lowest BCUT2D eigenvalue weighted by Gasteiger charge is -2.37. The van der Waals surface area contributed by atoms with Crippen LogP contribution in [0.3, 0.4) is 0 Å². The van der Waals surface area contributed by atoms with E-state index < -0.39 is 5.97 Å². The van der Waals surface area contributed by atoms with Gasteiger partial charge in [-0.3, -0.25) is 0 Å². The molecule has 108 valence electrons. The van der Waals surface area contributed by atoms with Gasteiger partial charge in [0.05, 0.1) is 0 Å². The van der Waals surface area contributed by atoms with Gasteiger partial charge in [0.25, 0.3) is 0 Å².